The second-order valence-electron chi connectivity index (χ2n) is 6.26. The molecule has 154 valence electrons. The van der Waals surface area contributed by atoms with Crippen molar-refractivity contribution in [3.63, 3.8) is 0 Å². The largest absolute Gasteiger partial charge is 0.480 e. The van der Waals surface area contributed by atoms with E-state index in [1.807, 2.05) is 31.0 Å². The van der Waals surface area contributed by atoms with E-state index in [0.29, 0.717) is 11.8 Å². The fourth-order valence-corrected chi connectivity index (χ4v) is 3.31. The van der Waals surface area contributed by atoms with Crippen molar-refractivity contribution in [1.82, 2.24) is 30.0 Å². The first kappa shape index (κ1) is 22.7. The second kappa shape index (κ2) is 10.8. The fourth-order valence-electron chi connectivity index (χ4n) is 2.96. The molecular weight excluding hydrogens is 539 g/mol. The Bertz CT molecular complexity index is 791. The molecule has 11 heteroatoms. The van der Waals surface area contributed by atoms with Gasteiger partial charge in [-0.3, -0.25) is 9.67 Å². The first-order valence-corrected chi connectivity index (χ1v) is 9.66. The highest BCUT2D eigenvalue weighted by molar-refractivity contribution is 14.0. The quantitative estimate of drug-likeness (QED) is 0.337. The maximum absolute atomic E-state index is 5.26. The maximum atomic E-state index is 5.26. The molecule has 2 aromatic heterocycles. The number of piperazine rings is 1. The molecule has 0 aromatic carbocycles. The number of methoxy groups -OCH3 is 1. The zero-order valence-electron chi connectivity index (χ0n) is 16.3. The van der Waals surface area contributed by atoms with Crippen LogP contribution in [0.2, 0.25) is 0 Å². The Morgan fingerprint density at radius 1 is 1.29 bits per heavy atom. The molecule has 2 aromatic rings. The summed E-state index contributed by atoms with van der Waals surface area (Å²) in [5.74, 6) is 2.15. The number of ether oxygens (including phenoxy) is 1. The van der Waals surface area contributed by atoms with Crippen LogP contribution in [0.1, 0.15) is 5.56 Å². The van der Waals surface area contributed by atoms with Gasteiger partial charge in [0.25, 0.3) is 0 Å². The molecule has 0 atom stereocenters. The molecule has 0 amide bonds. The van der Waals surface area contributed by atoms with Crippen LogP contribution in [0.3, 0.4) is 0 Å². The molecule has 1 fully saturated rings. The first-order valence-electron chi connectivity index (χ1n) is 8.87. The van der Waals surface area contributed by atoms with Crippen molar-refractivity contribution in [3.05, 3.63) is 28.6 Å². The van der Waals surface area contributed by atoms with Crippen molar-refractivity contribution in [2.24, 2.45) is 4.99 Å². The summed E-state index contributed by atoms with van der Waals surface area (Å²) in [7, 11) is 3.42. The predicted molar refractivity (Wildman–Crippen MR) is 124 cm³/mol. The van der Waals surface area contributed by atoms with Crippen LogP contribution in [0.15, 0.2) is 28.1 Å². The molecule has 9 nitrogen and oxygen atoms in total. The summed E-state index contributed by atoms with van der Waals surface area (Å²) >= 11 is 3.39. The number of aliphatic imine (C=N–C) groups is 1. The van der Waals surface area contributed by atoms with Gasteiger partial charge in [-0.15, -0.1) is 24.0 Å². The van der Waals surface area contributed by atoms with E-state index in [-0.39, 0.29) is 24.0 Å². The molecule has 3 heterocycles. The van der Waals surface area contributed by atoms with E-state index >= 15 is 0 Å². The Balaban J connectivity index is 0.00000280. The van der Waals surface area contributed by atoms with E-state index in [4.69, 9.17) is 4.74 Å². The van der Waals surface area contributed by atoms with Gasteiger partial charge in [0.2, 0.25) is 11.8 Å². The van der Waals surface area contributed by atoms with E-state index in [9.17, 15) is 0 Å². The maximum Gasteiger partial charge on any atom is 0.232 e. The standard InChI is InChI=1S/C17H25BrN8O.HI/c1-13-10-22-26(12-13)5-4-20-16(19-2)24-6-8-25(9-7-24)17-21-11-14(18)15(23-17)27-3;/h10-12H,4-9H2,1-3H3,(H,19,20);1H. The molecule has 0 unspecified atom stereocenters. The van der Waals surface area contributed by atoms with Gasteiger partial charge in [-0.25, -0.2) is 4.98 Å². The number of aryl methyl sites for hydroxylation is 1. The summed E-state index contributed by atoms with van der Waals surface area (Å²) in [5, 5.41) is 7.72. The molecular formula is C17H26BrIN8O. The number of nitrogens with one attached hydrogen (secondary N) is 1. The first-order chi connectivity index (χ1) is 13.1. The molecule has 1 saturated heterocycles. The molecule has 0 radical (unpaired) electrons. The summed E-state index contributed by atoms with van der Waals surface area (Å²) in [6.45, 7) is 6.97. The minimum Gasteiger partial charge on any atom is -0.480 e. The third-order valence-corrected chi connectivity index (χ3v) is 4.90. The molecule has 0 spiro atoms. The number of nitrogens with zero attached hydrogens (tertiary/aromatic N) is 7. The minimum atomic E-state index is 0. The summed E-state index contributed by atoms with van der Waals surface area (Å²) in [4.78, 5) is 17.7. The average Bonchev–Trinajstić information content (AvgIpc) is 3.11. The van der Waals surface area contributed by atoms with Crippen molar-refractivity contribution in [3.8, 4) is 5.88 Å². The van der Waals surface area contributed by atoms with Crippen LogP contribution in [0.5, 0.6) is 5.88 Å². The minimum absolute atomic E-state index is 0. The Morgan fingerprint density at radius 2 is 2.04 bits per heavy atom. The smallest absolute Gasteiger partial charge is 0.232 e. The normalized spacial score (nSPS) is 14.6. The highest BCUT2D eigenvalue weighted by atomic mass is 127. The van der Waals surface area contributed by atoms with Gasteiger partial charge in [0.1, 0.15) is 0 Å². The van der Waals surface area contributed by atoms with Crippen LogP contribution in [-0.2, 0) is 6.54 Å². The number of hydrogen-bond donors (Lipinski definition) is 1. The summed E-state index contributed by atoms with van der Waals surface area (Å²) < 4.78 is 7.95. The number of halogens is 2. The molecule has 28 heavy (non-hydrogen) atoms. The van der Waals surface area contributed by atoms with Gasteiger partial charge in [0.15, 0.2) is 5.96 Å². The summed E-state index contributed by atoms with van der Waals surface area (Å²) in [6.07, 6.45) is 5.63. The van der Waals surface area contributed by atoms with Gasteiger partial charge in [-0.1, -0.05) is 0 Å². The monoisotopic (exact) mass is 564 g/mol. The number of rotatable bonds is 5. The van der Waals surface area contributed by atoms with Gasteiger partial charge >= 0.3 is 0 Å². The number of guanidine groups is 1. The fraction of sp³-hybridized carbons (Fsp3) is 0.529. The lowest BCUT2D eigenvalue weighted by Crippen LogP contribution is -2.53. The Labute approximate surface area is 190 Å². The van der Waals surface area contributed by atoms with Gasteiger partial charge in [0, 0.05) is 46.0 Å². The number of aromatic nitrogens is 4. The van der Waals surface area contributed by atoms with Crippen LogP contribution >= 0.6 is 39.9 Å². The zero-order chi connectivity index (χ0) is 19.2. The van der Waals surface area contributed by atoms with Crippen LogP contribution < -0.4 is 15.0 Å². The van der Waals surface area contributed by atoms with E-state index < -0.39 is 0 Å². The van der Waals surface area contributed by atoms with Crippen LogP contribution in [0.25, 0.3) is 0 Å². The van der Waals surface area contributed by atoms with E-state index in [2.05, 4.69) is 51.1 Å². The highest BCUT2D eigenvalue weighted by Gasteiger charge is 2.22. The van der Waals surface area contributed by atoms with Gasteiger partial charge in [0.05, 0.1) is 30.5 Å². The lowest BCUT2D eigenvalue weighted by Gasteiger charge is -2.36. The van der Waals surface area contributed by atoms with E-state index in [1.54, 1.807) is 13.3 Å². The van der Waals surface area contributed by atoms with Crippen LogP contribution in [0.4, 0.5) is 5.95 Å². The molecule has 3 rings (SSSR count). The molecule has 1 aliphatic rings. The van der Waals surface area contributed by atoms with Crippen molar-refractivity contribution in [2.45, 2.75) is 13.5 Å². The van der Waals surface area contributed by atoms with Crippen molar-refractivity contribution in [1.29, 1.82) is 0 Å². The topological polar surface area (TPSA) is 83.7 Å². The van der Waals surface area contributed by atoms with Gasteiger partial charge in [-0.2, -0.15) is 10.1 Å². The molecule has 0 bridgehead atoms. The van der Waals surface area contributed by atoms with Crippen molar-refractivity contribution in [2.75, 3.05) is 51.8 Å². The van der Waals surface area contributed by atoms with Crippen molar-refractivity contribution < 1.29 is 4.74 Å². The third kappa shape index (κ3) is 5.69. The molecule has 1 N–H and O–H groups in total. The molecule has 1 aliphatic heterocycles. The number of hydrogen-bond acceptors (Lipinski definition) is 6. The Morgan fingerprint density at radius 3 is 2.64 bits per heavy atom. The average molecular weight is 565 g/mol. The Kier molecular flexibility index (Phi) is 8.73. The highest BCUT2D eigenvalue weighted by Crippen LogP contribution is 2.23. The van der Waals surface area contributed by atoms with Crippen LogP contribution in [0, 0.1) is 6.92 Å². The van der Waals surface area contributed by atoms with Gasteiger partial charge in [-0.05, 0) is 28.4 Å². The SMILES string of the molecule is CN=C(NCCn1cc(C)cn1)N1CCN(c2ncc(Br)c(OC)n2)CC1.I. The predicted octanol–water partition coefficient (Wildman–Crippen LogP) is 1.77. The molecule has 0 saturated carbocycles. The van der Waals surface area contributed by atoms with E-state index in [1.165, 1.54) is 5.56 Å². The van der Waals surface area contributed by atoms with Crippen LogP contribution in [-0.4, -0.2) is 77.5 Å². The number of anilines is 1. The second-order valence-corrected chi connectivity index (χ2v) is 7.11. The third-order valence-electron chi connectivity index (χ3n) is 4.35. The zero-order valence-corrected chi connectivity index (χ0v) is 20.2. The van der Waals surface area contributed by atoms with Gasteiger partial charge < -0.3 is 19.9 Å². The van der Waals surface area contributed by atoms with Crippen molar-refractivity contribution >= 4 is 51.8 Å². The summed E-state index contributed by atoms with van der Waals surface area (Å²) in [6, 6.07) is 0. The molecule has 0 aliphatic carbocycles. The summed E-state index contributed by atoms with van der Waals surface area (Å²) in [5.41, 5.74) is 1.17. The lowest BCUT2D eigenvalue weighted by atomic mass is 10.3. The Hall–Kier alpha value is -1.63. The lowest BCUT2D eigenvalue weighted by molar-refractivity contribution is 0.365. The van der Waals surface area contributed by atoms with E-state index in [0.717, 1.165) is 49.7 Å².